The summed E-state index contributed by atoms with van der Waals surface area (Å²) in [5.41, 5.74) is 1.98. The summed E-state index contributed by atoms with van der Waals surface area (Å²) >= 11 is 0. The first-order chi connectivity index (χ1) is 20.6. The number of piperazine rings is 1. The summed E-state index contributed by atoms with van der Waals surface area (Å²) in [6.07, 6.45) is 6.37. The molecular weight excluding hydrogens is 561 g/mol. The molecule has 0 radical (unpaired) electrons. The lowest BCUT2D eigenvalue weighted by Crippen LogP contribution is -2.61. The number of fused-ring (bicyclic) bond motifs is 1. The van der Waals surface area contributed by atoms with Crippen molar-refractivity contribution in [3.05, 3.63) is 60.0 Å². The van der Waals surface area contributed by atoms with E-state index in [9.17, 15) is 27.6 Å². The number of allylic oxidation sites excluding steroid dienone is 3. The van der Waals surface area contributed by atoms with Crippen LogP contribution in [0.3, 0.4) is 0 Å². The number of hydrogen-bond acceptors (Lipinski definition) is 3. The van der Waals surface area contributed by atoms with Gasteiger partial charge in [-0.25, -0.2) is 9.59 Å². The van der Waals surface area contributed by atoms with Crippen molar-refractivity contribution >= 4 is 28.9 Å². The fourth-order valence-corrected chi connectivity index (χ4v) is 6.19. The number of halogens is 3. The molecule has 232 valence electrons. The van der Waals surface area contributed by atoms with Crippen LogP contribution in [0.15, 0.2) is 54.4 Å². The van der Waals surface area contributed by atoms with Gasteiger partial charge >= 0.3 is 18.2 Å². The number of urea groups is 2. The van der Waals surface area contributed by atoms with Crippen molar-refractivity contribution < 1.29 is 27.6 Å². The van der Waals surface area contributed by atoms with E-state index in [4.69, 9.17) is 0 Å². The van der Waals surface area contributed by atoms with Crippen LogP contribution >= 0.6 is 0 Å². The van der Waals surface area contributed by atoms with E-state index in [1.54, 1.807) is 9.80 Å². The second-order valence-electron chi connectivity index (χ2n) is 11.7. The van der Waals surface area contributed by atoms with Crippen molar-refractivity contribution in [2.24, 2.45) is 5.92 Å². The minimum Gasteiger partial charge on any atom is -0.361 e. The van der Waals surface area contributed by atoms with Gasteiger partial charge in [0.15, 0.2) is 0 Å². The number of carbonyl (C=O) groups excluding carboxylic acids is 3. The summed E-state index contributed by atoms with van der Waals surface area (Å²) in [7, 11) is 0. The molecule has 1 saturated carbocycles. The van der Waals surface area contributed by atoms with Crippen molar-refractivity contribution in [2.75, 3.05) is 19.6 Å². The third kappa shape index (κ3) is 7.52. The van der Waals surface area contributed by atoms with Crippen LogP contribution in [-0.2, 0) is 11.2 Å². The number of hydrogen-bond donors (Lipinski definition) is 4. The van der Waals surface area contributed by atoms with Crippen LogP contribution in [0.25, 0.3) is 10.9 Å². The summed E-state index contributed by atoms with van der Waals surface area (Å²) in [4.78, 5) is 46.5. The van der Waals surface area contributed by atoms with Gasteiger partial charge < -0.3 is 30.7 Å². The topological polar surface area (TPSA) is 110 Å². The van der Waals surface area contributed by atoms with Gasteiger partial charge in [0.2, 0.25) is 5.91 Å². The van der Waals surface area contributed by atoms with E-state index in [2.05, 4.69) is 20.9 Å². The van der Waals surface area contributed by atoms with Crippen molar-refractivity contribution in [3.63, 3.8) is 0 Å². The Morgan fingerprint density at radius 3 is 2.56 bits per heavy atom. The highest BCUT2D eigenvalue weighted by Crippen LogP contribution is 2.32. The number of carbonyl (C=O) groups is 3. The maximum Gasteiger partial charge on any atom is 0.395 e. The molecule has 1 aromatic heterocycles. The number of amides is 5. The Labute approximate surface area is 248 Å². The molecule has 0 bridgehead atoms. The lowest BCUT2D eigenvalue weighted by molar-refractivity contribution is -0.160. The summed E-state index contributed by atoms with van der Waals surface area (Å²) in [6.45, 7) is 2.92. The number of para-hydroxylation sites is 1. The van der Waals surface area contributed by atoms with Gasteiger partial charge in [0.05, 0.1) is 5.92 Å². The summed E-state index contributed by atoms with van der Waals surface area (Å²) in [6, 6.07) is 5.88. The molecule has 3 aliphatic rings. The zero-order valence-electron chi connectivity index (χ0n) is 24.3. The fourth-order valence-electron chi connectivity index (χ4n) is 6.19. The minimum atomic E-state index is -4.35. The molecule has 5 amide bonds. The number of nitrogens with one attached hydrogen (secondary N) is 4. The number of nitrogens with zero attached hydrogens (tertiary/aromatic N) is 2. The molecule has 12 heteroatoms. The maximum atomic E-state index is 13.9. The average Bonchev–Trinajstić information content (AvgIpc) is 3.39. The predicted octanol–water partition coefficient (Wildman–Crippen LogP) is 4.98. The monoisotopic (exact) mass is 600 g/mol. The van der Waals surface area contributed by atoms with E-state index in [1.807, 2.05) is 37.4 Å². The number of aromatic amines is 1. The Bertz CT molecular complexity index is 1380. The molecule has 2 fully saturated rings. The van der Waals surface area contributed by atoms with Crippen LogP contribution in [0.5, 0.6) is 0 Å². The lowest BCUT2D eigenvalue weighted by atomic mass is 9.96. The normalized spacial score (nSPS) is 22.2. The zero-order chi connectivity index (χ0) is 30.6. The van der Waals surface area contributed by atoms with E-state index in [-0.39, 0.29) is 42.6 Å². The van der Waals surface area contributed by atoms with Crippen molar-refractivity contribution in [1.82, 2.24) is 30.7 Å². The first-order valence-corrected chi connectivity index (χ1v) is 15.0. The molecule has 4 N–H and O–H groups in total. The van der Waals surface area contributed by atoms with Crippen LogP contribution in [0.4, 0.5) is 22.8 Å². The Morgan fingerprint density at radius 1 is 1.09 bits per heavy atom. The van der Waals surface area contributed by atoms with E-state index in [0.717, 1.165) is 48.2 Å². The zero-order valence-corrected chi connectivity index (χ0v) is 24.3. The van der Waals surface area contributed by atoms with Crippen molar-refractivity contribution in [2.45, 2.75) is 76.2 Å². The van der Waals surface area contributed by atoms with Crippen LogP contribution in [-0.4, -0.2) is 76.7 Å². The largest absolute Gasteiger partial charge is 0.395 e. The number of H-pyrrole nitrogens is 1. The summed E-state index contributed by atoms with van der Waals surface area (Å²) < 4.78 is 39.0. The SMILES string of the molecule is CC1CN(C(=O)C(Cc2c[nH]c3ccccc23)NC(=O)NC2=CCC(C(F)(F)F)C=C2)CCN1C(=O)NC1CCCCC1. The Balaban J connectivity index is 1.25. The Kier molecular flexibility index (Phi) is 9.31. The highest BCUT2D eigenvalue weighted by Gasteiger charge is 2.38. The smallest absolute Gasteiger partial charge is 0.361 e. The van der Waals surface area contributed by atoms with Crippen LogP contribution in [0, 0.1) is 5.92 Å². The fraction of sp³-hybridized carbons (Fsp3) is 0.516. The molecule has 2 heterocycles. The van der Waals surface area contributed by atoms with E-state index >= 15 is 0 Å². The van der Waals surface area contributed by atoms with Gasteiger partial charge in [-0.2, -0.15) is 13.2 Å². The molecular formula is C31H39F3N6O3. The maximum absolute atomic E-state index is 13.9. The third-order valence-electron chi connectivity index (χ3n) is 8.61. The van der Waals surface area contributed by atoms with Crippen LogP contribution in [0.2, 0.25) is 0 Å². The first-order valence-electron chi connectivity index (χ1n) is 15.0. The van der Waals surface area contributed by atoms with Gasteiger partial charge in [0.1, 0.15) is 6.04 Å². The van der Waals surface area contributed by atoms with E-state index in [0.29, 0.717) is 19.6 Å². The molecule has 5 rings (SSSR count). The Hall–Kier alpha value is -3.96. The molecule has 3 atom stereocenters. The number of aromatic nitrogens is 1. The average molecular weight is 601 g/mol. The summed E-state index contributed by atoms with van der Waals surface area (Å²) in [5.74, 6) is -1.88. The molecule has 1 saturated heterocycles. The number of rotatable bonds is 6. The highest BCUT2D eigenvalue weighted by molar-refractivity contribution is 5.90. The van der Waals surface area contributed by atoms with Gasteiger partial charge in [0.25, 0.3) is 0 Å². The van der Waals surface area contributed by atoms with Gasteiger partial charge in [-0.05, 0) is 43.9 Å². The molecule has 3 unspecified atom stereocenters. The molecule has 2 aromatic rings. The van der Waals surface area contributed by atoms with E-state index < -0.39 is 24.2 Å². The van der Waals surface area contributed by atoms with Crippen LogP contribution in [0.1, 0.15) is 51.0 Å². The van der Waals surface area contributed by atoms with Crippen molar-refractivity contribution in [3.8, 4) is 0 Å². The number of alkyl halides is 3. The molecule has 43 heavy (non-hydrogen) atoms. The molecule has 9 nitrogen and oxygen atoms in total. The lowest BCUT2D eigenvalue weighted by Gasteiger charge is -2.41. The van der Waals surface area contributed by atoms with E-state index in [1.165, 1.54) is 18.6 Å². The Morgan fingerprint density at radius 2 is 1.86 bits per heavy atom. The van der Waals surface area contributed by atoms with Gasteiger partial charge in [0, 0.05) is 60.9 Å². The molecule has 2 aliphatic carbocycles. The third-order valence-corrected chi connectivity index (χ3v) is 8.61. The van der Waals surface area contributed by atoms with Crippen LogP contribution < -0.4 is 16.0 Å². The van der Waals surface area contributed by atoms with Crippen molar-refractivity contribution in [1.29, 1.82) is 0 Å². The molecule has 1 aromatic carbocycles. The molecule has 0 spiro atoms. The first kappa shape index (κ1) is 30.5. The quantitative estimate of drug-likeness (QED) is 0.376. The predicted molar refractivity (Wildman–Crippen MR) is 157 cm³/mol. The number of benzene rings is 1. The minimum absolute atomic E-state index is 0.110. The van der Waals surface area contributed by atoms with Gasteiger partial charge in [-0.1, -0.05) is 49.6 Å². The summed E-state index contributed by atoms with van der Waals surface area (Å²) in [5, 5.41) is 9.42. The second-order valence-corrected chi connectivity index (χ2v) is 11.7. The second kappa shape index (κ2) is 13.1. The molecule has 1 aliphatic heterocycles. The standard InChI is InChI=1S/C31H39F3N6O3/c1-20-19-39(15-16-40(20)30(43)37-23-7-3-2-4-8-23)28(41)27(17-21-18-35-26-10-6-5-9-25(21)26)38-29(42)36-24-13-11-22(12-14-24)31(32,33)34/h5-6,9-11,13-14,18,20,22-23,27,35H,2-4,7-8,12,15-17,19H2,1H3,(H,37,43)(H2,36,38,42). The highest BCUT2D eigenvalue weighted by atomic mass is 19.4. The van der Waals surface area contributed by atoms with Gasteiger partial charge in [-0.3, -0.25) is 4.79 Å². The van der Waals surface area contributed by atoms with Gasteiger partial charge in [-0.15, -0.1) is 0 Å².